The standard InChI is InChI=1S/C25H29ClN2O6/c1-5-6-7-27-20-15-19(26)12-18(16-28-8-10-33-11-9-28)23(20)34-25(29)17-13-21(30-2)24(32-4)22(14-17)31-3/h5-7,12-15H,8-11,16H2,1-4H3/b6-5-,27-7?. The number of morpholine rings is 1. The Morgan fingerprint density at radius 3 is 2.32 bits per heavy atom. The van der Waals surface area contributed by atoms with Gasteiger partial charge in [-0.25, -0.2) is 4.79 Å². The van der Waals surface area contributed by atoms with E-state index in [0.29, 0.717) is 53.5 Å². The molecule has 0 N–H and O–H groups in total. The molecule has 0 aliphatic carbocycles. The highest BCUT2D eigenvalue weighted by Gasteiger charge is 2.22. The second kappa shape index (κ2) is 12.4. The number of ether oxygens (including phenoxy) is 5. The van der Waals surface area contributed by atoms with Gasteiger partial charge in [0.25, 0.3) is 0 Å². The summed E-state index contributed by atoms with van der Waals surface area (Å²) in [5.74, 6) is 0.843. The minimum Gasteiger partial charge on any atom is -0.493 e. The van der Waals surface area contributed by atoms with Gasteiger partial charge in [-0.05, 0) is 37.3 Å². The summed E-state index contributed by atoms with van der Waals surface area (Å²) in [6.45, 7) is 5.25. The number of rotatable bonds is 9. The lowest BCUT2D eigenvalue weighted by Crippen LogP contribution is -2.35. The van der Waals surface area contributed by atoms with Crippen LogP contribution in [0.15, 0.2) is 41.4 Å². The maximum absolute atomic E-state index is 13.3. The van der Waals surface area contributed by atoms with E-state index in [1.165, 1.54) is 21.3 Å². The molecule has 0 bridgehead atoms. The monoisotopic (exact) mass is 488 g/mol. The smallest absolute Gasteiger partial charge is 0.343 e. The fourth-order valence-electron chi connectivity index (χ4n) is 3.53. The fraction of sp³-hybridized carbons (Fsp3) is 0.360. The van der Waals surface area contributed by atoms with Crippen LogP contribution < -0.4 is 18.9 Å². The molecule has 182 valence electrons. The van der Waals surface area contributed by atoms with Gasteiger partial charge in [-0.1, -0.05) is 17.7 Å². The lowest BCUT2D eigenvalue weighted by molar-refractivity contribution is 0.0337. The molecule has 2 aromatic rings. The van der Waals surface area contributed by atoms with E-state index < -0.39 is 5.97 Å². The Balaban J connectivity index is 2.01. The van der Waals surface area contributed by atoms with E-state index in [1.54, 1.807) is 36.6 Å². The second-order valence-electron chi connectivity index (χ2n) is 7.41. The molecule has 0 amide bonds. The van der Waals surface area contributed by atoms with Crippen molar-refractivity contribution in [2.24, 2.45) is 4.99 Å². The van der Waals surface area contributed by atoms with Crippen molar-refractivity contribution in [3.05, 3.63) is 52.6 Å². The number of carbonyl (C=O) groups excluding carboxylic acids is 1. The number of nitrogens with zero attached hydrogens (tertiary/aromatic N) is 2. The second-order valence-corrected chi connectivity index (χ2v) is 7.85. The predicted molar refractivity (Wildman–Crippen MR) is 132 cm³/mol. The Morgan fingerprint density at radius 1 is 1.06 bits per heavy atom. The molecule has 0 saturated carbocycles. The molecule has 8 nitrogen and oxygen atoms in total. The molecule has 34 heavy (non-hydrogen) atoms. The molecule has 0 spiro atoms. The number of allylic oxidation sites excluding steroid dienone is 2. The number of halogens is 1. The van der Waals surface area contributed by atoms with Crippen LogP contribution in [0, 0.1) is 0 Å². The van der Waals surface area contributed by atoms with Crippen LogP contribution in [-0.2, 0) is 11.3 Å². The zero-order chi connectivity index (χ0) is 24.5. The largest absolute Gasteiger partial charge is 0.493 e. The van der Waals surface area contributed by atoms with Gasteiger partial charge in [-0.2, -0.15) is 0 Å². The van der Waals surface area contributed by atoms with Gasteiger partial charge in [-0.3, -0.25) is 9.89 Å². The number of esters is 1. The van der Waals surface area contributed by atoms with Crippen molar-refractivity contribution in [2.45, 2.75) is 13.5 Å². The van der Waals surface area contributed by atoms with Crippen molar-refractivity contribution in [3.63, 3.8) is 0 Å². The highest BCUT2D eigenvalue weighted by molar-refractivity contribution is 6.31. The van der Waals surface area contributed by atoms with Crippen molar-refractivity contribution < 1.29 is 28.5 Å². The Labute approximate surface area is 204 Å². The van der Waals surface area contributed by atoms with Gasteiger partial charge >= 0.3 is 5.97 Å². The molecule has 0 aromatic heterocycles. The van der Waals surface area contributed by atoms with E-state index in [9.17, 15) is 4.79 Å². The first-order chi connectivity index (χ1) is 16.5. The summed E-state index contributed by atoms with van der Waals surface area (Å²) in [5, 5.41) is 0.503. The molecule has 1 aliphatic rings. The highest BCUT2D eigenvalue weighted by atomic mass is 35.5. The maximum Gasteiger partial charge on any atom is 0.343 e. The summed E-state index contributed by atoms with van der Waals surface area (Å²) < 4.78 is 27.4. The van der Waals surface area contributed by atoms with Crippen molar-refractivity contribution in [1.82, 2.24) is 4.90 Å². The predicted octanol–water partition coefficient (Wildman–Crippen LogP) is 4.70. The average molecular weight is 489 g/mol. The van der Waals surface area contributed by atoms with E-state index >= 15 is 0 Å². The van der Waals surface area contributed by atoms with Crippen LogP contribution in [0.4, 0.5) is 5.69 Å². The zero-order valence-electron chi connectivity index (χ0n) is 19.8. The van der Waals surface area contributed by atoms with E-state index in [1.807, 2.05) is 13.0 Å². The molecule has 1 saturated heterocycles. The molecule has 0 unspecified atom stereocenters. The Kier molecular flexibility index (Phi) is 9.33. The number of aliphatic imine (C=N–C) groups is 1. The fourth-order valence-corrected chi connectivity index (χ4v) is 3.76. The first-order valence-electron chi connectivity index (χ1n) is 10.8. The van der Waals surface area contributed by atoms with Crippen LogP contribution in [0.5, 0.6) is 23.0 Å². The lowest BCUT2D eigenvalue weighted by Gasteiger charge is -2.27. The molecular formula is C25H29ClN2O6. The first kappa shape index (κ1) is 25.6. The lowest BCUT2D eigenvalue weighted by atomic mass is 10.1. The van der Waals surface area contributed by atoms with Crippen LogP contribution in [0.25, 0.3) is 0 Å². The molecule has 0 atom stereocenters. The quantitative estimate of drug-likeness (QED) is 0.287. The Bertz CT molecular complexity index is 1040. The van der Waals surface area contributed by atoms with Gasteiger partial charge < -0.3 is 23.7 Å². The number of hydrogen-bond acceptors (Lipinski definition) is 8. The van der Waals surface area contributed by atoms with Gasteiger partial charge in [0, 0.05) is 36.4 Å². The minimum absolute atomic E-state index is 0.241. The molecule has 9 heteroatoms. The van der Waals surface area contributed by atoms with Gasteiger partial charge in [0.1, 0.15) is 5.69 Å². The van der Waals surface area contributed by atoms with E-state index in [0.717, 1.165) is 18.7 Å². The molecule has 3 rings (SSSR count). The summed E-state index contributed by atoms with van der Waals surface area (Å²) in [7, 11) is 4.47. The van der Waals surface area contributed by atoms with Gasteiger partial charge in [-0.15, -0.1) is 0 Å². The number of carbonyl (C=O) groups is 1. The maximum atomic E-state index is 13.3. The minimum atomic E-state index is -0.590. The molecule has 1 heterocycles. The van der Waals surface area contributed by atoms with Crippen molar-refractivity contribution >= 4 is 29.5 Å². The van der Waals surface area contributed by atoms with Crippen molar-refractivity contribution in [2.75, 3.05) is 47.6 Å². The summed E-state index contributed by atoms with van der Waals surface area (Å²) in [4.78, 5) is 19.9. The van der Waals surface area contributed by atoms with Gasteiger partial charge in [0.2, 0.25) is 5.75 Å². The highest BCUT2D eigenvalue weighted by Crippen LogP contribution is 2.40. The average Bonchev–Trinajstić information content (AvgIpc) is 2.85. The third-order valence-electron chi connectivity index (χ3n) is 5.20. The molecule has 1 aliphatic heterocycles. The van der Waals surface area contributed by atoms with Crippen LogP contribution in [0.3, 0.4) is 0 Å². The molecular weight excluding hydrogens is 460 g/mol. The first-order valence-corrected chi connectivity index (χ1v) is 11.2. The summed E-state index contributed by atoms with van der Waals surface area (Å²) in [6, 6.07) is 6.56. The Hall–Kier alpha value is -3.07. The number of methoxy groups -OCH3 is 3. The summed E-state index contributed by atoms with van der Waals surface area (Å²) in [6.07, 6.45) is 5.26. The van der Waals surface area contributed by atoms with Crippen molar-refractivity contribution in [1.29, 1.82) is 0 Å². The van der Waals surface area contributed by atoms with E-state index in [-0.39, 0.29) is 5.56 Å². The van der Waals surface area contributed by atoms with Gasteiger partial charge in [0.05, 0.1) is 40.1 Å². The van der Waals surface area contributed by atoms with Crippen LogP contribution in [0.1, 0.15) is 22.8 Å². The van der Waals surface area contributed by atoms with Gasteiger partial charge in [0.15, 0.2) is 17.2 Å². The Morgan fingerprint density at radius 2 is 1.74 bits per heavy atom. The third-order valence-corrected chi connectivity index (χ3v) is 5.41. The van der Waals surface area contributed by atoms with Crippen LogP contribution in [-0.4, -0.2) is 64.7 Å². The zero-order valence-corrected chi connectivity index (χ0v) is 20.6. The third kappa shape index (κ3) is 6.28. The molecule has 0 radical (unpaired) electrons. The topological polar surface area (TPSA) is 78.8 Å². The van der Waals surface area contributed by atoms with Crippen molar-refractivity contribution in [3.8, 4) is 23.0 Å². The molecule has 2 aromatic carbocycles. The summed E-state index contributed by atoms with van der Waals surface area (Å²) >= 11 is 6.40. The normalized spacial score (nSPS) is 14.5. The van der Waals surface area contributed by atoms with E-state index in [4.69, 9.17) is 35.3 Å². The number of benzene rings is 2. The van der Waals surface area contributed by atoms with Crippen LogP contribution in [0.2, 0.25) is 5.02 Å². The summed E-state index contributed by atoms with van der Waals surface area (Å²) in [5.41, 5.74) is 1.45. The SMILES string of the molecule is C/C=C\C=Nc1cc(Cl)cc(CN2CCOCC2)c1OC(=O)c1cc(OC)c(OC)c(OC)c1. The van der Waals surface area contributed by atoms with Crippen LogP contribution >= 0.6 is 11.6 Å². The number of hydrogen-bond donors (Lipinski definition) is 0. The molecule has 1 fully saturated rings. The van der Waals surface area contributed by atoms with E-state index in [2.05, 4.69) is 9.89 Å².